The Labute approximate surface area is 230 Å². The Balaban J connectivity index is 2.11. The highest BCUT2D eigenvalue weighted by Gasteiger charge is 2.34. The van der Waals surface area contributed by atoms with Crippen LogP contribution in [0.1, 0.15) is 37.0 Å². The van der Waals surface area contributed by atoms with Gasteiger partial charge in [-0.25, -0.2) is 8.42 Å². The molecular formula is C29H34ClN3O4S. The highest BCUT2D eigenvalue weighted by atomic mass is 35.5. The summed E-state index contributed by atoms with van der Waals surface area (Å²) in [6.45, 7) is 7.26. The Kier molecular flexibility index (Phi) is 9.94. The van der Waals surface area contributed by atoms with Gasteiger partial charge < -0.3 is 10.2 Å². The van der Waals surface area contributed by atoms with E-state index in [-0.39, 0.29) is 17.3 Å². The summed E-state index contributed by atoms with van der Waals surface area (Å²) < 4.78 is 28.9. The van der Waals surface area contributed by atoms with Gasteiger partial charge in [0.2, 0.25) is 11.8 Å². The SMILES string of the molecule is CCNC(=O)[C@H](CC)N(Cc1ccccc1Cl)C(=O)CN(c1cc(C)ccc1C)S(=O)(=O)c1ccccc1. The van der Waals surface area contributed by atoms with Gasteiger partial charge in [-0.15, -0.1) is 0 Å². The van der Waals surface area contributed by atoms with Crippen molar-refractivity contribution in [3.63, 3.8) is 0 Å². The van der Waals surface area contributed by atoms with Crippen LogP contribution in [-0.4, -0.2) is 44.3 Å². The topological polar surface area (TPSA) is 86.8 Å². The zero-order chi connectivity index (χ0) is 27.9. The minimum Gasteiger partial charge on any atom is -0.355 e. The number of sulfonamides is 1. The fraction of sp³-hybridized carbons (Fsp3) is 0.310. The van der Waals surface area contributed by atoms with Crippen molar-refractivity contribution in [2.45, 2.75) is 51.6 Å². The van der Waals surface area contributed by atoms with Crippen molar-refractivity contribution in [3.8, 4) is 0 Å². The second-order valence-electron chi connectivity index (χ2n) is 9.05. The zero-order valence-electron chi connectivity index (χ0n) is 22.1. The molecule has 202 valence electrons. The maximum absolute atomic E-state index is 14.0. The van der Waals surface area contributed by atoms with Crippen LogP contribution in [0, 0.1) is 13.8 Å². The van der Waals surface area contributed by atoms with Gasteiger partial charge in [0.1, 0.15) is 12.6 Å². The third-order valence-electron chi connectivity index (χ3n) is 6.28. The molecule has 0 saturated carbocycles. The molecular weight excluding hydrogens is 522 g/mol. The van der Waals surface area contributed by atoms with E-state index in [0.717, 1.165) is 9.87 Å². The van der Waals surface area contributed by atoms with E-state index in [1.165, 1.54) is 17.0 Å². The first kappa shape index (κ1) is 29.2. The molecule has 0 spiro atoms. The highest BCUT2D eigenvalue weighted by Crippen LogP contribution is 2.29. The van der Waals surface area contributed by atoms with Gasteiger partial charge in [0, 0.05) is 18.1 Å². The number of nitrogens with zero attached hydrogens (tertiary/aromatic N) is 2. The predicted octanol–water partition coefficient (Wildman–Crippen LogP) is 5.10. The number of carbonyl (C=O) groups excluding carboxylic acids is 2. The van der Waals surface area contributed by atoms with Gasteiger partial charge in [0.15, 0.2) is 0 Å². The number of hydrogen-bond donors (Lipinski definition) is 1. The van der Waals surface area contributed by atoms with Crippen molar-refractivity contribution < 1.29 is 18.0 Å². The van der Waals surface area contributed by atoms with Crippen LogP contribution in [0.4, 0.5) is 5.69 Å². The lowest BCUT2D eigenvalue weighted by Gasteiger charge is -2.33. The summed E-state index contributed by atoms with van der Waals surface area (Å²) in [7, 11) is -4.11. The molecule has 0 saturated heterocycles. The fourth-order valence-electron chi connectivity index (χ4n) is 4.24. The standard InChI is InChI=1S/C29H34ClN3O4S/c1-5-26(29(35)31-6-2)32(19-23-12-10-11-15-25(23)30)28(34)20-33(27-18-21(3)16-17-22(27)4)38(36,37)24-13-8-7-9-14-24/h7-18,26H,5-6,19-20H2,1-4H3,(H,31,35)/t26-/m0/s1. The molecule has 3 aromatic rings. The highest BCUT2D eigenvalue weighted by molar-refractivity contribution is 7.92. The number of aryl methyl sites for hydroxylation is 2. The van der Waals surface area contributed by atoms with E-state index < -0.39 is 28.5 Å². The van der Waals surface area contributed by atoms with E-state index in [0.29, 0.717) is 34.8 Å². The van der Waals surface area contributed by atoms with Gasteiger partial charge in [-0.05, 0) is 68.1 Å². The first-order valence-electron chi connectivity index (χ1n) is 12.6. The number of nitrogens with one attached hydrogen (secondary N) is 1. The molecule has 0 aromatic heterocycles. The normalized spacial score (nSPS) is 12.0. The number of hydrogen-bond acceptors (Lipinski definition) is 4. The molecule has 9 heteroatoms. The molecule has 0 heterocycles. The third-order valence-corrected chi connectivity index (χ3v) is 8.42. The Morgan fingerprint density at radius 2 is 1.61 bits per heavy atom. The first-order chi connectivity index (χ1) is 18.1. The van der Waals surface area contributed by atoms with E-state index in [2.05, 4.69) is 5.32 Å². The number of likely N-dealkylation sites (N-methyl/N-ethyl adjacent to an activating group) is 1. The second-order valence-corrected chi connectivity index (χ2v) is 11.3. The van der Waals surface area contributed by atoms with Crippen molar-refractivity contribution in [3.05, 3.63) is 94.5 Å². The molecule has 0 bridgehead atoms. The summed E-state index contributed by atoms with van der Waals surface area (Å²) in [5.41, 5.74) is 2.63. The Bertz CT molecular complexity index is 1380. The van der Waals surface area contributed by atoms with Gasteiger partial charge in [0.05, 0.1) is 10.6 Å². The first-order valence-corrected chi connectivity index (χ1v) is 14.4. The summed E-state index contributed by atoms with van der Waals surface area (Å²) in [4.78, 5) is 28.5. The van der Waals surface area contributed by atoms with Crippen LogP contribution in [0.3, 0.4) is 0 Å². The second kappa shape index (κ2) is 12.9. The van der Waals surface area contributed by atoms with Crippen LogP contribution in [0.2, 0.25) is 5.02 Å². The number of halogens is 1. The Morgan fingerprint density at radius 1 is 0.947 bits per heavy atom. The molecule has 3 aromatic carbocycles. The number of carbonyl (C=O) groups is 2. The Morgan fingerprint density at radius 3 is 2.24 bits per heavy atom. The van der Waals surface area contributed by atoms with Crippen LogP contribution in [0.15, 0.2) is 77.7 Å². The van der Waals surface area contributed by atoms with Crippen LogP contribution in [0.5, 0.6) is 0 Å². The van der Waals surface area contributed by atoms with Crippen LogP contribution < -0.4 is 9.62 Å². The largest absolute Gasteiger partial charge is 0.355 e. The lowest BCUT2D eigenvalue weighted by Crippen LogP contribution is -2.52. The maximum Gasteiger partial charge on any atom is 0.264 e. The van der Waals surface area contributed by atoms with E-state index in [9.17, 15) is 18.0 Å². The Hall–Kier alpha value is -3.36. The molecule has 0 fully saturated rings. The van der Waals surface area contributed by atoms with E-state index in [1.807, 2.05) is 26.0 Å². The van der Waals surface area contributed by atoms with Crippen molar-refractivity contribution in [2.75, 3.05) is 17.4 Å². The molecule has 1 atom stereocenters. The molecule has 2 amide bonds. The van der Waals surface area contributed by atoms with E-state index in [1.54, 1.807) is 62.4 Å². The number of rotatable bonds is 11. The number of benzene rings is 3. The van der Waals surface area contributed by atoms with Gasteiger partial charge in [-0.1, -0.05) is 67.1 Å². The minimum absolute atomic E-state index is 0.0557. The molecule has 0 aliphatic heterocycles. The summed E-state index contributed by atoms with van der Waals surface area (Å²) in [6.07, 6.45) is 0.344. The average molecular weight is 556 g/mol. The summed E-state index contributed by atoms with van der Waals surface area (Å²) >= 11 is 6.41. The van der Waals surface area contributed by atoms with Crippen molar-refractivity contribution in [2.24, 2.45) is 0 Å². The lowest BCUT2D eigenvalue weighted by molar-refractivity contribution is -0.140. The molecule has 38 heavy (non-hydrogen) atoms. The van der Waals surface area contributed by atoms with Crippen molar-refractivity contribution in [1.82, 2.24) is 10.2 Å². The van der Waals surface area contributed by atoms with Crippen molar-refractivity contribution >= 4 is 39.1 Å². The van der Waals surface area contributed by atoms with E-state index in [4.69, 9.17) is 11.6 Å². The summed E-state index contributed by atoms with van der Waals surface area (Å²) in [5.74, 6) is -0.817. The average Bonchev–Trinajstić information content (AvgIpc) is 2.90. The van der Waals surface area contributed by atoms with Gasteiger partial charge in [-0.3, -0.25) is 13.9 Å². The smallest absolute Gasteiger partial charge is 0.264 e. The molecule has 0 aliphatic carbocycles. The maximum atomic E-state index is 14.0. The molecule has 1 N–H and O–H groups in total. The predicted molar refractivity (Wildman–Crippen MR) is 152 cm³/mol. The van der Waals surface area contributed by atoms with Crippen LogP contribution >= 0.6 is 11.6 Å². The quantitative estimate of drug-likeness (QED) is 0.357. The number of amides is 2. The number of anilines is 1. The van der Waals surface area contributed by atoms with Gasteiger partial charge in [0.25, 0.3) is 10.0 Å². The summed E-state index contributed by atoms with van der Waals surface area (Å²) in [5, 5.41) is 3.25. The minimum atomic E-state index is -4.11. The van der Waals surface area contributed by atoms with E-state index >= 15 is 0 Å². The lowest BCUT2D eigenvalue weighted by atomic mass is 10.1. The zero-order valence-corrected chi connectivity index (χ0v) is 23.7. The molecule has 0 unspecified atom stereocenters. The van der Waals surface area contributed by atoms with Crippen LogP contribution in [-0.2, 0) is 26.2 Å². The van der Waals surface area contributed by atoms with Gasteiger partial charge >= 0.3 is 0 Å². The van der Waals surface area contributed by atoms with Gasteiger partial charge in [-0.2, -0.15) is 0 Å². The molecule has 7 nitrogen and oxygen atoms in total. The fourth-order valence-corrected chi connectivity index (χ4v) is 5.93. The summed E-state index contributed by atoms with van der Waals surface area (Å²) in [6, 6.07) is 19.8. The molecule has 3 rings (SSSR count). The molecule has 0 aliphatic rings. The van der Waals surface area contributed by atoms with Crippen LogP contribution in [0.25, 0.3) is 0 Å². The molecule has 0 radical (unpaired) electrons. The van der Waals surface area contributed by atoms with Crippen molar-refractivity contribution in [1.29, 1.82) is 0 Å². The third kappa shape index (κ3) is 6.74. The monoisotopic (exact) mass is 555 g/mol.